The van der Waals surface area contributed by atoms with Crippen molar-refractivity contribution in [1.29, 1.82) is 0 Å². The Morgan fingerprint density at radius 2 is 2.24 bits per heavy atom. The van der Waals surface area contributed by atoms with Gasteiger partial charge in [0, 0.05) is 6.42 Å². The van der Waals surface area contributed by atoms with Crippen LogP contribution in [0, 0.1) is 10.1 Å². The van der Waals surface area contributed by atoms with Crippen molar-refractivity contribution in [3.8, 4) is 5.75 Å². The number of benzene rings is 1. The molecule has 7 heteroatoms. The summed E-state index contributed by atoms with van der Waals surface area (Å²) in [5.41, 5.74) is 6.64. The molecule has 3 N–H and O–H groups in total. The van der Waals surface area contributed by atoms with E-state index in [9.17, 15) is 10.1 Å². The van der Waals surface area contributed by atoms with E-state index in [1.807, 2.05) is 24.3 Å². The van der Waals surface area contributed by atoms with E-state index in [0.29, 0.717) is 12.4 Å². The van der Waals surface area contributed by atoms with Gasteiger partial charge >= 0.3 is 0 Å². The first-order chi connectivity index (χ1) is 10.1. The van der Waals surface area contributed by atoms with Crippen LogP contribution in [0.3, 0.4) is 0 Å². The average molecular weight is 286 g/mol. The molecule has 0 bridgehead atoms. The summed E-state index contributed by atoms with van der Waals surface area (Å²) < 4.78 is 5.78. The second kappa shape index (κ2) is 5.28. The predicted molar refractivity (Wildman–Crippen MR) is 78.4 cm³/mol. The van der Waals surface area contributed by atoms with Gasteiger partial charge in [0.25, 0.3) is 5.69 Å². The largest absolute Gasteiger partial charge is 0.488 e. The summed E-state index contributed by atoms with van der Waals surface area (Å²) in [5, 5.41) is 13.8. The van der Waals surface area contributed by atoms with Crippen LogP contribution in [0.4, 0.5) is 17.3 Å². The highest BCUT2D eigenvalue weighted by Crippen LogP contribution is 2.28. The number of rotatable bonds is 4. The molecule has 1 aromatic heterocycles. The van der Waals surface area contributed by atoms with Gasteiger partial charge in [-0.15, -0.1) is 0 Å². The number of aromatic nitrogens is 1. The maximum atomic E-state index is 10.8. The van der Waals surface area contributed by atoms with Crippen LogP contribution in [0.2, 0.25) is 0 Å². The van der Waals surface area contributed by atoms with Crippen LogP contribution in [0.25, 0.3) is 0 Å². The molecule has 0 spiro atoms. The Labute approximate surface area is 120 Å². The van der Waals surface area contributed by atoms with E-state index in [1.165, 1.54) is 12.1 Å². The fourth-order valence-corrected chi connectivity index (χ4v) is 2.32. The van der Waals surface area contributed by atoms with Crippen molar-refractivity contribution in [3.63, 3.8) is 0 Å². The van der Waals surface area contributed by atoms with Crippen molar-refractivity contribution in [2.75, 3.05) is 17.6 Å². The predicted octanol–water partition coefficient (Wildman–Crippen LogP) is 1.99. The third kappa shape index (κ3) is 2.86. The van der Waals surface area contributed by atoms with Gasteiger partial charge in [-0.3, -0.25) is 10.1 Å². The lowest BCUT2D eigenvalue weighted by Crippen LogP contribution is -2.24. The van der Waals surface area contributed by atoms with Gasteiger partial charge in [0.15, 0.2) is 0 Å². The summed E-state index contributed by atoms with van der Waals surface area (Å²) in [7, 11) is 0. The Morgan fingerprint density at radius 3 is 3.00 bits per heavy atom. The number of nitrogens with one attached hydrogen (secondary N) is 1. The van der Waals surface area contributed by atoms with Crippen LogP contribution >= 0.6 is 0 Å². The molecule has 2 aromatic rings. The van der Waals surface area contributed by atoms with Crippen molar-refractivity contribution in [2.45, 2.75) is 12.5 Å². The van der Waals surface area contributed by atoms with E-state index in [1.54, 1.807) is 0 Å². The van der Waals surface area contributed by atoms with Gasteiger partial charge in [-0.2, -0.15) is 0 Å². The van der Waals surface area contributed by atoms with E-state index in [0.717, 1.165) is 17.7 Å². The van der Waals surface area contributed by atoms with Crippen LogP contribution in [0.15, 0.2) is 36.4 Å². The van der Waals surface area contributed by atoms with Crippen LogP contribution < -0.4 is 15.8 Å². The maximum absolute atomic E-state index is 10.8. The molecular weight excluding hydrogens is 272 g/mol. The number of nitrogen functional groups attached to an aromatic ring is 1. The molecule has 7 nitrogen and oxygen atoms in total. The van der Waals surface area contributed by atoms with Crippen molar-refractivity contribution in [1.82, 2.24) is 4.98 Å². The minimum atomic E-state index is -0.495. The van der Waals surface area contributed by atoms with Gasteiger partial charge < -0.3 is 15.8 Å². The molecule has 0 aliphatic carbocycles. The number of hydrogen-bond donors (Lipinski definition) is 2. The Morgan fingerprint density at radius 1 is 1.43 bits per heavy atom. The smallest absolute Gasteiger partial charge is 0.276 e. The van der Waals surface area contributed by atoms with E-state index in [-0.39, 0.29) is 17.6 Å². The summed E-state index contributed by atoms with van der Waals surface area (Å²) in [6, 6.07) is 10.4. The Hall–Kier alpha value is -2.83. The second-order valence-corrected chi connectivity index (χ2v) is 4.83. The molecule has 1 unspecified atom stereocenters. The highest BCUT2D eigenvalue weighted by Gasteiger charge is 2.22. The Bertz CT molecular complexity index is 665. The lowest BCUT2D eigenvalue weighted by atomic mass is 10.1. The number of para-hydroxylation sites is 1. The van der Waals surface area contributed by atoms with Crippen molar-refractivity contribution in [3.05, 3.63) is 52.1 Å². The molecule has 108 valence electrons. The van der Waals surface area contributed by atoms with E-state index < -0.39 is 4.92 Å². The molecular formula is C14H14N4O3. The second-order valence-electron chi connectivity index (χ2n) is 4.83. The lowest BCUT2D eigenvalue weighted by Gasteiger charge is -2.12. The zero-order valence-electron chi connectivity index (χ0n) is 11.2. The first kappa shape index (κ1) is 13.2. The van der Waals surface area contributed by atoms with Crippen LogP contribution in [0.1, 0.15) is 5.56 Å². The van der Waals surface area contributed by atoms with Crippen molar-refractivity contribution < 1.29 is 9.66 Å². The van der Waals surface area contributed by atoms with Gasteiger partial charge in [0.05, 0.1) is 23.6 Å². The summed E-state index contributed by atoms with van der Waals surface area (Å²) >= 11 is 0. The minimum Gasteiger partial charge on any atom is -0.488 e. The lowest BCUT2D eigenvalue weighted by molar-refractivity contribution is -0.384. The first-order valence-corrected chi connectivity index (χ1v) is 6.52. The quantitative estimate of drug-likeness (QED) is 0.658. The number of anilines is 2. The first-order valence-electron chi connectivity index (χ1n) is 6.52. The number of ether oxygens (including phenoxy) is 1. The monoisotopic (exact) mass is 286 g/mol. The molecule has 0 saturated heterocycles. The van der Waals surface area contributed by atoms with Crippen molar-refractivity contribution >= 4 is 17.3 Å². The molecule has 0 radical (unpaired) electrons. The minimum absolute atomic E-state index is 0.0234. The van der Waals surface area contributed by atoms with Gasteiger partial charge in [-0.25, -0.2) is 4.98 Å². The third-order valence-corrected chi connectivity index (χ3v) is 3.27. The SMILES string of the molecule is Nc1cc([N+](=O)[O-])cc(NCC2Cc3ccccc3O2)n1. The summed E-state index contributed by atoms with van der Waals surface area (Å²) in [6.45, 7) is 0.502. The molecule has 1 aromatic carbocycles. The molecule has 0 saturated carbocycles. The molecule has 3 rings (SSSR count). The van der Waals surface area contributed by atoms with Crippen LogP contribution in [-0.4, -0.2) is 22.6 Å². The van der Waals surface area contributed by atoms with E-state index >= 15 is 0 Å². The number of pyridine rings is 1. The van der Waals surface area contributed by atoms with E-state index in [2.05, 4.69) is 10.3 Å². The Balaban J connectivity index is 1.65. The maximum Gasteiger partial charge on any atom is 0.276 e. The zero-order valence-corrected chi connectivity index (χ0v) is 11.2. The van der Waals surface area contributed by atoms with Gasteiger partial charge in [0.2, 0.25) is 0 Å². The topological polar surface area (TPSA) is 103 Å². The van der Waals surface area contributed by atoms with Gasteiger partial charge in [0.1, 0.15) is 23.5 Å². The number of fused-ring (bicyclic) bond motifs is 1. The van der Waals surface area contributed by atoms with E-state index in [4.69, 9.17) is 10.5 Å². The highest BCUT2D eigenvalue weighted by molar-refractivity contribution is 5.52. The fraction of sp³-hybridized carbons (Fsp3) is 0.214. The number of hydrogen-bond acceptors (Lipinski definition) is 6. The normalized spacial score (nSPS) is 16.1. The van der Waals surface area contributed by atoms with Crippen LogP contribution in [-0.2, 0) is 6.42 Å². The average Bonchev–Trinajstić information content (AvgIpc) is 2.87. The number of nitro groups is 1. The highest BCUT2D eigenvalue weighted by atomic mass is 16.6. The molecule has 1 atom stereocenters. The number of nitrogens with zero attached hydrogens (tertiary/aromatic N) is 2. The van der Waals surface area contributed by atoms with Gasteiger partial charge in [-0.05, 0) is 11.6 Å². The van der Waals surface area contributed by atoms with Crippen molar-refractivity contribution in [2.24, 2.45) is 0 Å². The third-order valence-electron chi connectivity index (χ3n) is 3.27. The summed E-state index contributed by atoms with van der Waals surface area (Å²) in [4.78, 5) is 14.3. The molecule has 0 amide bonds. The zero-order chi connectivity index (χ0) is 14.8. The van der Waals surface area contributed by atoms with Gasteiger partial charge in [-0.1, -0.05) is 18.2 Å². The van der Waals surface area contributed by atoms with Crippen LogP contribution in [0.5, 0.6) is 5.75 Å². The molecule has 2 heterocycles. The summed E-state index contributed by atoms with van der Waals surface area (Å²) in [6.07, 6.45) is 0.776. The molecule has 21 heavy (non-hydrogen) atoms. The molecule has 1 aliphatic heterocycles. The number of nitrogens with two attached hydrogens (primary N) is 1. The summed E-state index contributed by atoms with van der Waals surface area (Å²) in [5.74, 6) is 1.37. The standard InChI is InChI=1S/C14H14N4O3/c15-13-6-10(18(19)20)7-14(17-13)16-8-11-5-9-3-1-2-4-12(9)21-11/h1-4,6-7,11H,5,8H2,(H3,15,16,17). The molecule has 1 aliphatic rings. The Kier molecular flexibility index (Phi) is 3.31. The fourth-order valence-electron chi connectivity index (χ4n) is 2.32. The molecule has 0 fully saturated rings.